The largest absolute Gasteiger partial charge is 0.494 e. The predicted octanol–water partition coefficient (Wildman–Crippen LogP) is 6.01. The van der Waals surface area contributed by atoms with Crippen LogP contribution < -0.4 is 24.8 Å². The quantitative estimate of drug-likeness (QED) is 0.268. The lowest BCUT2D eigenvalue weighted by Gasteiger charge is -2.19. The first-order valence-corrected chi connectivity index (χ1v) is 11.9. The molecule has 0 aliphatic heterocycles. The van der Waals surface area contributed by atoms with Gasteiger partial charge in [-0.05, 0) is 49.1 Å². The molecule has 0 spiro atoms. The predicted molar refractivity (Wildman–Crippen MR) is 134 cm³/mol. The molecule has 0 saturated heterocycles. The number of hydrogen-bond donors (Lipinski definition) is 2. The molecule has 4 rings (SSSR count). The van der Waals surface area contributed by atoms with Gasteiger partial charge in [-0.15, -0.1) is 0 Å². The van der Waals surface area contributed by atoms with Crippen molar-refractivity contribution in [3.63, 3.8) is 0 Å². The van der Waals surface area contributed by atoms with Crippen LogP contribution in [0.3, 0.4) is 0 Å². The maximum atomic E-state index is 12.8. The van der Waals surface area contributed by atoms with Gasteiger partial charge in [0.25, 0.3) is 0 Å². The fourth-order valence-corrected chi connectivity index (χ4v) is 3.54. The first-order valence-electron chi connectivity index (χ1n) is 11.9. The van der Waals surface area contributed by atoms with Crippen molar-refractivity contribution in [1.82, 2.24) is 15.0 Å². The first-order chi connectivity index (χ1) is 17.8. The maximum absolute atomic E-state index is 12.8. The van der Waals surface area contributed by atoms with Crippen LogP contribution in [0.4, 0.5) is 30.8 Å². The minimum Gasteiger partial charge on any atom is -0.494 e. The van der Waals surface area contributed by atoms with E-state index in [-0.39, 0.29) is 11.9 Å². The van der Waals surface area contributed by atoms with Crippen molar-refractivity contribution >= 4 is 17.6 Å². The van der Waals surface area contributed by atoms with E-state index >= 15 is 0 Å². The molecule has 8 nitrogen and oxygen atoms in total. The van der Waals surface area contributed by atoms with Gasteiger partial charge in [0.05, 0.1) is 12.1 Å². The SMILES string of the molecule is C=CCOc1cccc(Nc2nc(NC3(c4ccc(OCCC)cc4)CC3)nc(OCC(F)(F)F)n2)c1. The highest BCUT2D eigenvalue weighted by Gasteiger charge is 2.45. The number of benzene rings is 2. The van der Waals surface area contributed by atoms with Gasteiger partial charge in [0.2, 0.25) is 11.9 Å². The number of alkyl halides is 3. The number of anilines is 3. The second kappa shape index (κ2) is 11.4. The summed E-state index contributed by atoms with van der Waals surface area (Å²) in [5, 5.41) is 6.26. The number of nitrogens with zero attached hydrogens (tertiary/aromatic N) is 3. The molecule has 0 radical (unpaired) electrons. The molecular formula is C26H28F3N5O3. The van der Waals surface area contributed by atoms with E-state index < -0.39 is 24.3 Å². The fourth-order valence-electron chi connectivity index (χ4n) is 3.54. The van der Waals surface area contributed by atoms with Crippen molar-refractivity contribution in [1.29, 1.82) is 0 Å². The van der Waals surface area contributed by atoms with E-state index in [0.717, 1.165) is 30.6 Å². The molecule has 11 heteroatoms. The zero-order valence-electron chi connectivity index (χ0n) is 20.3. The van der Waals surface area contributed by atoms with Gasteiger partial charge in [0.15, 0.2) is 6.61 Å². The van der Waals surface area contributed by atoms with Gasteiger partial charge >= 0.3 is 12.2 Å². The number of aromatic nitrogens is 3. The van der Waals surface area contributed by atoms with Gasteiger partial charge in [-0.25, -0.2) is 0 Å². The van der Waals surface area contributed by atoms with Gasteiger partial charge < -0.3 is 24.8 Å². The van der Waals surface area contributed by atoms with E-state index in [9.17, 15) is 13.2 Å². The van der Waals surface area contributed by atoms with Crippen molar-refractivity contribution in [2.75, 3.05) is 30.5 Å². The molecule has 37 heavy (non-hydrogen) atoms. The Morgan fingerprint density at radius 3 is 2.41 bits per heavy atom. The van der Waals surface area contributed by atoms with E-state index in [1.807, 2.05) is 31.2 Å². The molecule has 1 fully saturated rings. The fraction of sp³-hybridized carbons (Fsp3) is 0.346. The Kier molecular flexibility index (Phi) is 8.00. The minimum absolute atomic E-state index is 0.0228. The number of rotatable bonds is 13. The van der Waals surface area contributed by atoms with Gasteiger partial charge in [0.1, 0.15) is 18.1 Å². The van der Waals surface area contributed by atoms with Crippen LogP contribution >= 0.6 is 0 Å². The Balaban J connectivity index is 1.56. The Morgan fingerprint density at radius 2 is 1.73 bits per heavy atom. The molecule has 1 aliphatic rings. The van der Waals surface area contributed by atoms with Crippen LogP contribution in [0.25, 0.3) is 0 Å². The maximum Gasteiger partial charge on any atom is 0.422 e. The number of ether oxygens (including phenoxy) is 3. The summed E-state index contributed by atoms with van der Waals surface area (Å²) in [6.45, 7) is 5.09. The molecule has 0 bridgehead atoms. The van der Waals surface area contributed by atoms with Crippen molar-refractivity contribution < 1.29 is 27.4 Å². The Bertz CT molecular complexity index is 1200. The summed E-state index contributed by atoms with van der Waals surface area (Å²) in [4.78, 5) is 12.5. The van der Waals surface area contributed by atoms with Crippen LogP contribution in [0.15, 0.2) is 61.2 Å². The molecule has 0 amide bonds. The lowest BCUT2D eigenvalue weighted by atomic mass is 10.1. The monoisotopic (exact) mass is 515 g/mol. The summed E-state index contributed by atoms with van der Waals surface area (Å²) in [6.07, 6.45) is -0.401. The number of halogens is 3. The number of hydrogen-bond acceptors (Lipinski definition) is 8. The molecule has 196 valence electrons. The average molecular weight is 516 g/mol. The Labute approximate surface area is 212 Å². The average Bonchev–Trinajstić information content (AvgIpc) is 3.65. The molecule has 1 heterocycles. The molecule has 2 N–H and O–H groups in total. The Hall–Kier alpha value is -4.02. The molecule has 1 saturated carbocycles. The zero-order valence-corrected chi connectivity index (χ0v) is 20.3. The molecule has 1 aliphatic carbocycles. The summed E-state index contributed by atoms with van der Waals surface area (Å²) in [5.41, 5.74) is 1.13. The zero-order chi connectivity index (χ0) is 26.3. The molecule has 0 atom stereocenters. The Morgan fingerprint density at radius 1 is 0.973 bits per heavy atom. The van der Waals surface area contributed by atoms with Crippen molar-refractivity contribution in [3.8, 4) is 17.5 Å². The molecular weight excluding hydrogens is 487 g/mol. The van der Waals surface area contributed by atoms with Gasteiger partial charge in [-0.3, -0.25) is 0 Å². The van der Waals surface area contributed by atoms with Crippen molar-refractivity contribution in [3.05, 3.63) is 66.7 Å². The molecule has 3 aromatic rings. The third-order valence-electron chi connectivity index (χ3n) is 5.42. The van der Waals surface area contributed by atoms with Gasteiger partial charge in [-0.2, -0.15) is 28.1 Å². The topological polar surface area (TPSA) is 90.4 Å². The summed E-state index contributed by atoms with van der Waals surface area (Å²) in [7, 11) is 0. The molecule has 2 aromatic carbocycles. The third kappa shape index (κ3) is 7.48. The van der Waals surface area contributed by atoms with E-state index in [1.54, 1.807) is 30.3 Å². The highest BCUT2D eigenvalue weighted by atomic mass is 19.4. The summed E-state index contributed by atoms with van der Waals surface area (Å²) in [6, 6.07) is 14.2. The summed E-state index contributed by atoms with van der Waals surface area (Å²) in [5.74, 6) is 1.47. The van der Waals surface area contributed by atoms with Crippen LogP contribution in [0.1, 0.15) is 31.7 Å². The second-order valence-corrected chi connectivity index (χ2v) is 8.50. The lowest BCUT2D eigenvalue weighted by Crippen LogP contribution is -2.23. The van der Waals surface area contributed by atoms with E-state index in [1.165, 1.54) is 0 Å². The van der Waals surface area contributed by atoms with Gasteiger partial charge in [0, 0.05) is 11.8 Å². The van der Waals surface area contributed by atoms with Crippen LogP contribution in [-0.2, 0) is 5.54 Å². The van der Waals surface area contributed by atoms with Crippen LogP contribution in [0.2, 0.25) is 0 Å². The van der Waals surface area contributed by atoms with E-state index in [4.69, 9.17) is 14.2 Å². The van der Waals surface area contributed by atoms with E-state index in [2.05, 4.69) is 32.2 Å². The smallest absolute Gasteiger partial charge is 0.422 e. The van der Waals surface area contributed by atoms with Crippen molar-refractivity contribution in [2.24, 2.45) is 0 Å². The second-order valence-electron chi connectivity index (χ2n) is 8.50. The van der Waals surface area contributed by atoms with Crippen LogP contribution in [0, 0.1) is 0 Å². The summed E-state index contributed by atoms with van der Waals surface area (Å²) < 4.78 is 54.4. The number of nitrogens with one attached hydrogen (secondary N) is 2. The lowest BCUT2D eigenvalue weighted by molar-refractivity contribution is -0.154. The normalized spacial score (nSPS) is 13.9. The van der Waals surface area contributed by atoms with E-state index in [0.29, 0.717) is 24.7 Å². The van der Waals surface area contributed by atoms with Crippen LogP contribution in [0.5, 0.6) is 17.5 Å². The standard InChI is InChI=1S/C26H28F3N5O3/c1-3-14-35-20-10-8-18(9-11-20)25(12-13-25)34-23-31-22(32-24(33-23)37-17-26(27,28)29)30-19-6-5-7-21(16-19)36-15-4-2/h4-11,16H,2-3,12-15,17H2,1H3,(H2,30,31,32,33,34). The van der Waals surface area contributed by atoms with Crippen molar-refractivity contribution in [2.45, 2.75) is 37.9 Å². The van der Waals surface area contributed by atoms with Crippen LogP contribution in [-0.4, -0.2) is 40.9 Å². The highest BCUT2D eigenvalue weighted by Crippen LogP contribution is 2.48. The third-order valence-corrected chi connectivity index (χ3v) is 5.42. The van der Waals surface area contributed by atoms with Gasteiger partial charge in [-0.1, -0.05) is 37.8 Å². The molecule has 1 aromatic heterocycles. The summed E-state index contributed by atoms with van der Waals surface area (Å²) >= 11 is 0. The minimum atomic E-state index is -4.54. The molecule has 0 unspecified atom stereocenters. The first kappa shape index (κ1) is 26.1. The highest BCUT2D eigenvalue weighted by molar-refractivity contribution is 5.57.